The number of quaternary nitrogens is 1. The van der Waals surface area contributed by atoms with Crippen LogP contribution in [0, 0.1) is 11.3 Å². The van der Waals surface area contributed by atoms with Crippen molar-refractivity contribution in [2.75, 3.05) is 32.8 Å². The van der Waals surface area contributed by atoms with Gasteiger partial charge in [0.25, 0.3) is 0 Å². The van der Waals surface area contributed by atoms with Gasteiger partial charge in [-0.15, -0.1) is 0 Å². The van der Waals surface area contributed by atoms with Gasteiger partial charge in [-0.3, -0.25) is 4.79 Å². The summed E-state index contributed by atoms with van der Waals surface area (Å²) in [4.78, 5) is 13.8. The van der Waals surface area contributed by atoms with E-state index >= 15 is 0 Å². The van der Waals surface area contributed by atoms with Gasteiger partial charge in [-0.2, -0.15) is 0 Å². The summed E-state index contributed by atoms with van der Waals surface area (Å²) >= 11 is 0. The zero-order valence-electron chi connectivity index (χ0n) is 19.3. The number of nitrogens with zero attached hydrogens (tertiary/aromatic N) is 1. The summed E-state index contributed by atoms with van der Waals surface area (Å²) < 4.78 is 13.5. The van der Waals surface area contributed by atoms with Crippen molar-refractivity contribution in [2.24, 2.45) is 11.3 Å². The molecule has 1 aromatic carbocycles. The molecule has 0 aromatic heterocycles. The van der Waals surface area contributed by atoms with E-state index in [-0.39, 0.29) is 17.5 Å². The lowest BCUT2D eigenvalue weighted by Gasteiger charge is -2.52. The number of fused-ring (bicyclic) bond motifs is 3. The molecule has 0 N–H and O–H groups in total. The normalized spacial score (nSPS) is 31.1. The highest BCUT2D eigenvalue weighted by Gasteiger charge is 2.50. The van der Waals surface area contributed by atoms with Crippen molar-refractivity contribution in [3.63, 3.8) is 0 Å². The van der Waals surface area contributed by atoms with Crippen LogP contribution in [-0.2, 0) is 9.53 Å². The fourth-order valence-electron chi connectivity index (χ4n) is 6.58. The Hall–Kier alpha value is -2.07. The third kappa shape index (κ3) is 4.39. The van der Waals surface area contributed by atoms with Gasteiger partial charge in [0.05, 0.1) is 18.5 Å². The van der Waals surface area contributed by atoms with Crippen LogP contribution in [0.1, 0.15) is 57.8 Å². The molecule has 1 saturated carbocycles. The molecule has 32 heavy (non-hydrogen) atoms. The Morgan fingerprint density at radius 1 is 1.03 bits per heavy atom. The van der Waals surface area contributed by atoms with E-state index in [1.165, 1.54) is 44.3 Å². The SMILES string of the molecule is O=C(O[C@H]1C[N+]2(CCOc3ccccc3)CCC1CC2)C1(C2=CC=CC2)CCCCCC1. The maximum atomic E-state index is 13.8. The van der Waals surface area contributed by atoms with Crippen molar-refractivity contribution in [2.45, 2.75) is 63.9 Å². The van der Waals surface area contributed by atoms with E-state index in [2.05, 4.69) is 18.2 Å². The summed E-state index contributed by atoms with van der Waals surface area (Å²) in [6.45, 7) is 5.06. The van der Waals surface area contributed by atoms with Gasteiger partial charge in [-0.25, -0.2) is 0 Å². The van der Waals surface area contributed by atoms with Gasteiger partial charge in [0, 0.05) is 18.8 Å². The van der Waals surface area contributed by atoms with Gasteiger partial charge < -0.3 is 14.0 Å². The molecule has 0 unspecified atom stereocenters. The molecule has 2 aliphatic carbocycles. The van der Waals surface area contributed by atoms with Crippen LogP contribution >= 0.6 is 0 Å². The van der Waals surface area contributed by atoms with Gasteiger partial charge in [-0.1, -0.05) is 62.1 Å². The topological polar surface area (TPSA) is 35.5 Å². The first-order chi connectivity index (χ1) is 15.7. The Morgan fingerprint density at radius 3 is 2.47 bits per heavy atom. The lowest BCUT2D eigenvalue weighted by atomic mass is 9.73. The van der Waals surface area contributed by atoms with Crippen LogP contribution in [0.25, 0.3) is 0 Å². The number of benzene rings is 1. The van der Waals surface area contributed by atoms with Crippen molar-refractivity contribution < 1.29 is 18.8 Å². The average molecular weight is 437 g/mol. The molecule has 5 aliphatic rings. The van der Waals surface area contributed by atoms with Crippen LogP contribution in [0.2, 0.25) is 0 Å². The summed E-state index contributed by atoms with van der Waals surface area (Å²) in [5, 5.41) is 0. The molecule has 0 radical (unpaired) electrons. The van der Waals surface area contributed by atoms with Crippen molar-refractivity contribution in [3.05, 3.63) is 54.1 Å². The molecule has 3 aliphatic heterocycles. The molecule has 4 heteroatoms. The van der Waals surface area contributed by atoms with Crippen LogP contribution in [0.15, 0.2) is 54.1 Å². The lowest BCUT2D eigenvalue weighted by molar-refractivity contribution is -0.946. The summed E-state index contributed by atoms with van der Waals surface area (Å²) in [5.41, 5.74) is 0.915. The number of carbonyl (C=O) groups excluding carboxylic acids is 1. The van der Waals surface area contributed by atoms with Gasteiger partial charge in [0.2, 0.25) is 0 Å². The molecule has 2 bridgehead atoms. The third-order valence-corrected chi connectivity index (χ3v) is 8.61. The number of rotatable bonds is 7. The molecule has 4 nitrogen and oxygen atoms in total. The summed E-state index contributed by atoms with van der Waals surface area (Å²) in [5.74, 6) is 1.55. The van der Waals surface area contributed by atoms with Crippen molar-refractivity contribution in [1.82, 2.24) is 0 Å². The van der Waals surface area contributed by atoms with E-state index in [0.29, 0.717) is 5.92 Å². The number of hydrogen-bond acceptors (Lipinski definition) is 3. The van der Waals surface area contributed by atoms with E-state index in [0.717, 1.165) is 62.0 Å². The minimum Gasteiger partial charge on any atom is -0.488 e. The monoisotopic (exact) mass is 436 g/mol. The fraction of sp³-hybridized carbons (Fsp3) is 0.607. The second-order valence-electron chi connectivity index (χ2n) is 10.5. The minimum absolute atomic E-state index is 0.0665. The van der Waals surface area contributed by atoms with Crippen molar-refractivity contribution in [1.29, 1.82) is 0 Å². The predicted molar refractivity (Wildman–Crippen MR) is 126 cm³/mol. The van der Waals surface area contributed by atoms with Crippen LogP contribution < -0.4 is 4.74 Å². The predicted octanol–water partition coefficient (Wildman–Crippen LogP) is 5.44. The smallest absolute Gasteiger partial charge is 0.316 e. The lowest BCUT2D eigenvalue weighted by Crippen LogP contribution is -2.65. The number of hydrogen-bond donors (Lipinski definition) is 0. The number of carbonyl (C=O) groups is 1. The molecule has 0 spiro atoms. The highest BCUT2D eigenvalue weighted by Crippen LogP contribution is 2.46. The zero-order chi connectivity index (χ0) is 21.9. The number of esters is 1. The summed E-state index contributed by atoms with van der Waals surface area (Å²) in [6, 6.07) is 10.1. The van der Waals surface area contributed by atoms with Crippen LogP contribution in [0.3, 0.4) is 0 Å². The number of allylic oxidation sites excluding steroid dienone is 3. The second kappa shape index (κ2) is 9.43. The maximum Gasteiger partial charge on any atom is 0.316 e. The Labute approximate surface area is 192 Å². The minimum atomic E-state index is -0.382. The van der Waals surface area contributed by atoms with E-state index < -0.39 is 0 Å². The fourth-order valence-corrected chi connectivity index (χ4v) is 6.58. The molecule has 0 amide bonds. The Balaban J connectivity index is 1.25. The molecule has 1 atom stereocenters. The first-order valence-corrected chi connectivity index (χ1v) is 12.8. The molecular formula is C28H38NO3+. The van der Waals surface area contributed by atoms with Gasteiger partial charge >= 0.3 is 5.97 Å². The summed E-state index contributed by atoms with van der Waals surface area (Å²) in [6.07, 6.45) is 16.5. The van der Waals surface area contributed by atoms with Gasteiger partial charge in [0.1, 0.15) is 25.4 Å². The zero-order valence-corrected chi connectivity index (χ0v) is 19.3. The van der Waals surface area contributed by atoms with E-state index in [1.807, 2.05) is 30.3 Å². The molecule has 3 heterocycles. The van der Waals surface area contributed by atoms with Gasteiger partial charge in [0.15, 0.2) is 6.10 Å². The maximum absolute atomic E-state index is 13.8. The van der Waals surface area contributed by atoms with Crippen LogP contribution in [0.5, 0.6) is 5.75 Å². The Bertz CT molecular complexity index is 843. The molecular weight excluding hydrogens is 398 g/mol. The van der Waals surface area contributed by atoms with Crippen molar-refractivity contribution in [3.8, 4) is 5.75 Å². The third-order valence-electron chi connectivity index (χ3n) is 8.61. The average Bonchev–Trinajstić information content (AvgIpc) is 3.26. The van der Waals surface area contributed by atoms with E-state index in [1.54, 1.807) is 0 Å². The van der Waals surface area contributed by atoms with Crippen LogP contribution in [-0.4, -0.2) is 49.3 Å². The first-order valence-electron chi connectivity index (χ1n) is 12.8. The quantitative estimate of drug-likeness (QED) is 0.324. The Kier molecular flexibility index (Phi) is 6.41. The van der Waals surface area contributed by atoms with E-state index in [9.17, 15) is 4.79 Å². The largest absolute Gasteiger partial charge is 0.488 e. The second-order valence-corrected chi connectivity index (χ2v) is 10.5. The first kappa shape index (κ1) is 21.8. The highest BCUT2D eigenvalue weighted by atomic mass is 16.5. The molecule has 6 rings (SSSR count). The Morgan fingerprint density at radius 2 is 1.78 bits per heavy atom. The molecule has 1 aromatic rings. The molecule has 172 valence electrons. The van der Waals surface area contributed by atoms with E-state index in [4.69, 9.17) is 9.47 Å². The summed E-state index contributed by atoms with van der Waals surface area (Å²) in [7, 11) is 0. The highest BCUT2D eigenvalue weighted by molar-refractivity contribution is 5.81. The molecule has 3 saturated heterocycles. The number of piperidine rings is 3. The van der Waals surface area contributed by atoms with Gasteiger partial charge in [-0.05, 0) is 37.0 Å². The molecule has 4 fully saturated rings. The number of ether oxygens (including phenoxy) is 2. The standard InChI is InChI=1S/C28H38NO3/c30-27(28(24-10-6-7-11-24)16-8-1-2-9-17-28)32-26-22-29(18-14-23(26)15-19-29)20-21-31-25-12-4-3-5-13-25/h3-7,10,12-13,23,26H,1-2,8-9,11,14-22H2/q+1/t23?,26-,29?/m0/s1. The van der Waals surface area contributed by atoms with Crippen molar-refractivity contribution >= 4 is 5.97 Å². The van der Waals surface area contributed by atoms with Crippen LogP contribution in [0.4, 0.5) is 0 Å². The number of para-hydroxylation sites is 1.